The molecule has 3 nitrogen and oxygen atoms in total. The first-order chi connectivity index (χ1) is 6.43. The first-order valence-corrected chi connectivity index (χ1v) is 5.17. The first-order valence-electron chi connectivity index (χ1n) is 4.33. The Kier molecular flexibility index (Phi) is 5.14. The second-order valence-corrected chi connectivity index (χ2v) is 3.34. The van der Waals surface area contributed by atoms with Gasteiger partial charge in [-0.25, -0.2) is 0 Å². The molecular formula is C9H13N3S. The Labute approximate surface area is 82.7 Å². The summed E-state index contributed by atoms with van der Waals surface area (Å²) in [6, 6.07) is 0. The van der Waals surface area contributed by atoms with Crippen LogP contribution < -0.4 is 5.32 Å². The van der Waals surface area contributed by atoms with E-state index in [0.29, 0.717) is 0 Å². The summed E-state index contributed by atoms with van der Waals surface area (Å²) in [5.41, 5.74) is 1.02. The van der Waals surface area contributed by atoms with Crippen molar-refractivity contribution in [2.45, 2.75) is 25.8 Å². The van der Waals surface area contributed by atoms with Crippen LogP contribution in [0.5, 0.6) is 0 Å². The van der Waals surface area contributed by atoms with Gasteiger partial charge in [0.2, 0.25) is 0 Å². The summed E-state index contributed by atoms with van der Waals surface area (Å²) in [7, 11) is 0. The number of nitrogens with one attached hydrogen (secondary N) is 1. The third kappa shape index (κ3) is 4.61. The van der Waals surface area contributed by atoms with Gasteiger partial charge in [-0.05, 0) is 30.9 Å². The molecule has 70 valence electrons. The molecule has 0 fully saturated rings. The number of aromatic nitrogens is 2. The highest BCUT2D eigenvalue weighted by Gasteiger charge is 1.94. The summed E-state index contributed by atoms with van der Waals surface area (Å²) in [5, 5.41) is 9.16. The van der Waals surface area contributed by atoms with Gasteiger partial charge < -0.3 is 5.32 Å². The molecule has 0 saturated carbocycles. The van der Waals surface area contributed by atoms with Crippen LogP contribution in [-0.2, 0) is 6.54 Å². The van der Waals surface area contributed by atoms with Crippen LogP contribution in [0.1, 0.15) is 25.0 Å². The number of nitrogens with zero attached hydrogens (tertiary/aromatic N) is 2. The second-order valence-electron chi connectivity index (χ2n) is 2.73. The van der Waals surface area contributed by atoms with Crippen molar-refractivity contribution in [2.75, 3.05) is 6.54 Å². The molecule has 1 aromatic rings. The number of rotatable bonds is 6. The molecule has 0 aromatic carbocycles. The third-order valence-corrected chi connectivity index (χ3v) is 2.19. The molecule has 0 bridgehead atoms. The van der Waals surface area contributed by atoms with Gasteiger partial charge in [0.25, 0.3) is 0 Å². The van der Waals surface area contributed by atoms with E-state index in [1.165, 1.54) is 11.5 Å². The Hall–Kier alpha value is -0.920. The maximum absolute atomic E-state index is 5.13. The van der Waals surface area contributed by atoms with E-state index in [1.54, 1.807) is 0 Å². The van der Waals surface area contributed by atoms with Crippen LogP contribution in [0.3, 0.4) is 0 Å². The van der Waals surface area contributed by atoms with Gasteiger partial charge in [-0.3, -0.25) is 0 Å². The summed E-state index contributed by atoms with van der Waals surface area (Å²) < 4.78 is 3.78. The van der Waals surface area contributed by atoms with Gasteiger partial charge in [-0.15, -0.1) is 17.4 Å². The predicted octanol–water partition coefficient (Wildman–Crippen LogP) is 1.43. The van der Waals surface area contributed by atoms with Gasteiger partial charge in [-0.2, -0.15) is 0 Å². The highest BCUT2D eigenvalue weighted by Crippen LogP contribution is 1.96. The third-order valence-electron chi connectivity index (χ3n) is 1.64. The zero-order valence-electron chi connectivity index (χ0n) is 7.49. The molecule has 0 amide bonds. The number of terminal acetylenes is 1. The highest BCUT2D eigenvalue weighted by atomic mass is 32.1. The molecule has 1 rings (SSSR count). The highest BCUT2D eigenvalue weighted by molar-refractivity contribution is 7.03. The van der Waals surface area contributed by atoms with E-state index in [-0.39, 0.29) is 0 Å². The van der Waals surface area contributed by atoms with E-state index in [4.69, 9.17) is 6.42 Å². The van der Waals surface area contributed by atoms with Crippen molar-refractivity contribution in [1.82, 2.24) is 14.9 Å². The van der Waals surface area contributed by atoms with Crippen molar-refractivity contribution in [3.63, 3.8) is 0 Å². The molecule has 0 aliphatic heterocycles. The molecule has 13 heavy (non-hydrogen) atoms. The van der Waals surface area contributed by atoms with Crippen molar-refractivity contribution >= 4 is 11.5 Å². The molecular weight excluding hydrogens is 182 g/mol. The molecule has 0 aliphatic carbocycles. The van der Waals surface area contributed by atoms with Crippen molar-refractivity contribution in [1.29, 1.82) is 0 Å². The van der Waals surface area contributed by atoms with E-state index in [1.807, 2.05) is 5.38 Å². The standard InChI is InChI=1S/C9H13N3S/c1-2-3-4-5-6-10-7-9-8-13-12-11-9/h1,8,10H,3-7H2. The summed E-state index contributed by atoms with van der Waals surface area (Å²) in [5.74, 6) is 2.62. The lowest BCUT2D eigenvalue weighted by atomic mass is 10.2. The smallest absolute Gasteiger partial charge is 0.0893 e. The molecule has 4 heteroatoms. The Morgan fingerprint density at radius 3 is 3.15 bits per heavy atom. The van der Waals surface area contributed by atoms with Crippen LogP contribution in [0.4, 0.5) is 0 Å². The van der Waals surface area contributed by atoms with Crippen LogP contribution in [0, 0.1) is 12.3 Å². The van der Waals surface area contributed by atoms with E-state index in [2.05, 4.69) is 20.8 Å². The largest absolute Gasteiger partial charge is 0.311 e. The quantitative estimate of drug-likeness (QED) is 0.551. The zero-order chi connectivity index (χ0) is 9.36. The van der Waals surface area contributed by atoms with Crippen LogP contribution >= 0.6 is 11.5 Å². The lowest BCUT2D eigenvalue weighted by Gasteiger charge is -1.99. The van der Waals surface area contributed by atoms with Gasteiger partial charge in [0.15, 0.2) is 0 Å². The van der Waals surface area contributed by atoms with E-state index in [9.17, 15) is 0 Å². The zero-order valence-corrected chi connectivity index (χ0v) is 8.31. The summed E-state index contributed by atoms with van der Waals surface area (Å²) >= 11 is 1.38. The van der Waals surface area contributed by atoms with Gasteiger partial charge in [0, 0.05) is 18.3 Å². The predicted molar refractivity (Wildman–Crippen MR) is 54.3 cm³/mol. The monoisotopic (exact) mass is 195 g/mol. The summed E-state index contributed by atoms with van der Waals surface area (Å²) in [6.07, 6.45) is 8.23. The minimum absolute atomic E-state index is 0.812. The maximum Gasteiger partial charge on any atom is 0.0893 e. The lowest BCUT2D eigenvalue weighted by molar-refractivity contribution is 0.622. The fraction of sp³-hybridized carbons (Fsp3) is 0.556. The average molecular weight is 195 g/mol. The molecule has 1 aromatic heterocycles. The molecule has 0 atom stereocenters. The van der Waals surface area contributed by atoms with Crippen molar-refractivity contribution in [3.05, 3.63) is 11.1 Å². The number of unbranched alkanes of at least 4 members (excludes halogenated alkanes) is 2. The van der Waals surface area contributed by atoms with Crippen molar-refractivity contribution in [2.24, 2.45) is 0 Å². The molecule has 0 saturated heterocycles. The SMILES string of the molecule is C#CCCCCNCc1csnn1. The fourth-order valence-corrected chi connectivity index (χ4v) is 1.41. The minimum atomic E-state index is 0.812. The minimum Gasteiger partial charge on any atom is -0.311 e. The van der Waals surface area contributed by atoms with Gasteiger partial charge in [-0.1, -0.05) is 4.49 Å². The normalized spacial score (nSPS) is 9.77. The topological polar surface area (TPSA) is 37.8 Å². The van der Waals surface area contributed by atoms with Crippen LogP contribution in [0.2, 0.25) is 0 Å². The van der Waals surface area contributed by atoms with Crippen LogP contribution in [-0.4, -0.2) is 16.1 Å². The molecule has 0 radical (unpaired) electrons. The van der Waals surface area contributed by atoms with E-state index in [0.717, 1.165) is 38.0 Å². The van der Waals surface area contributed by atoms with Crippen LogP contribution in [0.15, 0.2) is 5.38 Å². The molecule has 0 unspecified atom stereocenters. The second kappa shape index (κ2) is 6.58. The number of hydrogen-bond donors (Lipinski definition) is 1. The molecule has 0 aliphatic rings. The first kappa shape index (κ1) is 10.2. The Morgan fingerprint density at radius 2 is 2.46 bits per heavy atom. The average Bonchev–Trinajstić information content (AvgIpc) is 2.63. The van der Waals surface area contributed by atoms with Crippen LogP contribution in [0.25, 0.3) is 0 Å². The molecule has 1 heterocycles. The fourth-order valence-electron chi connectivity index (χ4n) is 0.955. The molecule has 0 spiro atoms. The van der Waals surface area contributed by atoms with Gasteiger partial charge in [0.1, 0.15) is 0 Å². The maximum atomic E-state index is 5.13. The van der Waals surface area contributed by atoms with Gasteiger partial charge >= 0.3 is 0 Å². The van der Waals surface area contributed by atoms with E-state index < -0.39 is 0 Å². The van der Waals surface area contributed by atoms with E-state index >= 15 is 0 Å². The number of hydrogen-bond acceptors (Lipinski definition) is 4. The van der Waals surface area contributed by atoms with Gasteiger partial charge in [0.05, 0.1) is 5.69 Å². The summed E-state index contributed by atoms with van der Waals surface area (Å²) in [4.78, 5) is 0. The Morgan fingerprint density at radius 1 is 1.54 bits per heavy atom. The lowest BCUT2D eigenvalue weighted by Crippen LogP contribution is -2.14. The Balaban J connectivity index is 1.94. The van der Waals surface area contributed by atoms with Crippen molar-refractivity contribution < 1.29 is 0 Å². The van der Waals surface area contributed by atoms with Crippen molar-refractivity contribution in [3.8, 4) is 12.3 Å². The summed E-state index contributed by atoms with van der Waals surface area (Å²) in [6.45, 7) is 1.81. The molecule has 1 N–H and O–H groups in total. The Bertz CT molecular complexity index is 250.